The van der Waals surface area contributed by atoms with Gasteiger partial charge in [0.15, 0.2) is 0 Å². The molecule has 0 aromatic heterocycles. The normalized spacial score (nSPS) is 17.1. The zero-order chi connectivity index (χ0) is 12.3. The molecule has 1 saturated heterocycles. The van der Waals surface area contributed by atoms with Crippen LogP contribution in [0.3, 0.4) is 0 Å². The fourth-order valence-corrected chi connectivity index (χ4v) is 2.71. The molecule has 94 valence electrons. The fourth-order valence-electron chi connectivity index (χ4n) is 2.54. The minimum absolute atomic E-state index is 0.805. The highest BCUT2D eigenvalue weighted by molar-refractivity contribution is 6.30. The van der Waals surface area contributed by atoms with E-state index in [2.05, 4.69) is 36.3 Å². The molecule has 0 amide bonds. The van der Waals surface area contributed by atoms with Crippen molar-refractivity contribution in [3.8, 4) is 0 Å². The summed E-state index contributed by atoms with van der Waals surface area (Å²) in [6.45, 7) is 5.59. The van der Waals surface area contributed by atoms with E-state index < -0.39 is 0 Å². The molecule has 0 saturated carbocycles. The summed E-state index contributed by atoms with van der Waals surface area (Å²) in [5.41, 5.74) is 2.56. The van der Waals surface area contributed by atoms with E-state index >= 15 is 0 Å². The van der Waals surface area contributed by atoms with Gasteiger partial charge >= 0.3 is 0 Å². The molecular weight excluding hydrogens is 232 g/mol. The van der Waals surface area contributed by atoms with Gasteiger partial charge in [-0.2, -0.15) is 0 Å². The number of rotatable bonds is 3. The first-order chi connectivity index (χ1) is 8.16. The first kappa shape index (κ1) is 12.7. The van der Waals surface area contributed by atoms with Crippen LogP contribution in [0.5, 0.6) is 0 Å². The van der Waals surface area contributed by atoms with Crippen LogP contribution < -0.4 is 10.2 Å². The Labute approximate surface area is 109 Å². The highest BCUT2D eigenvalue weighted by Crippen LogP contribution is 2.25. The Balaban J connectivity index is 2.02. The molecule has 2 rings (SSSR count). The van der Waals surface area contributed by atoms with Crippen molar-refractivity contribution in [2.24, 2.45) is 5.92 Å². The van der Waals surface area contributed by atoms with Crippen molar-refractivity contribution in [2.45, 2.75) is 19.8 Å². The van der Waals surface area contributed by atoms with Crippen LogP contribution in [-0.4, -0.2) is 26.7 Å². The van der Waals surface area contributed by atoms with Gasteiger partial charge in [0.2, 0.25) is 0 Å². The summed E-state index contributed by atoms with van der Waals surface area (Å²) >= 11 is 6.07. The lowest BCUT2D eigenvalue weighted by molar-refractivity contribution is 0.378. The summed E-state index contributed by atoms with van der Waals surface area (Å²) in [7, 11) is 2.17. The molecule has 1 aromatic rings. The van der Waals surface area contributed by atoms with Gasteiger partial charge in [-0.25, -0.2) is 0 Å². The minimum atomic E-state index is 0.805. The van der Waals surface area contributed by atoms with Crippen LogP contribution in [0.1, 0.15) is 18.4 Å². The third kappa shape index (κ3) is 3.36. The Hall–Kier alpha value is -0.730. The molecule has 17 heavy (non-hydrogen) atoms. The predicted molar refractivity (Wildman–Crippen MR) is 75.1 cm³/mol. The Morgan fingerprint density at radius 2 is 2.06 bits per heavy atom. The molecule has 1 heterocycles. The second-order valence-corrected chi connectivity index (χ2v) is 5.44. The maximum absolute atomic E-state index is 6.07. The van der Waals surface area contributed by atoms with E-state index in [4.69, 9.17) is 11.6 Å². The van der Waals surface area contributed by atoms with Crippen molar-refractivity contribution in [3.05, 3.63) is 28.8 Å². The van der Waals surface area contributed by atoms with Gasteiger partial charge in [0.1, 0.15) is 0 Å². The van der Waals surface area contributed by atoms with Crippen molar-refractivity contribution in [3.63, 3.8) is 0 Å². The predicted octanol–water partition coefficient (Wildman–Crippen LogP) is 3.08. The molecule has 0 radical (unpaired) electrons. The average Bonchev–Trinajstić information content (AvgIpc) is 2.33. The Bertz CT molecular complexity index is 372. The van der Waals surface area contributed by atoms with Crippen LogP contribution in [-0.2, 0) is 0 Å². The van der Waals surface area contributed by atoms with E-state index in [1.54, 1.807) is 0 Å². The zero-order valence-corrected chi connectivity index (χ0v) is 11.4. The lowest BCUT2D eigenvalue weighted by Crippen LogP contribution is -2.34. The lowest BCUT2D eigenvalue weighted by atomic mass is 9.97. The Morgan fingerprint density at radius 3 is 2.76 bits per heavy atom. The molecule has 2 nitrogen and oxygen atoms in total. The quantitative estimate of drug-likeness (QED) is 0.890. The van der Waals surface area contributed by atoms with Gasteiger partial charge in [0.05, 0.1) is 0 Å². The maximum atomic E-state index is 6.07. The van der Waals surface area contributed by atoms with E-state index in [9.17, 15) is 0 Å². The summed E-state index contributed by atoms with van der Waals surface area (Å²) in [5.74, 6) is 0.805. The molecule has 0 unspecified atom stereocenters. The highest BCUT2D eigenvalue weighted by Gasteiger charge is 2.16. The van der Waals surface area contributed by atoms with Crippen LogP contribution in [0.25, 0.3) is 0 Å². The molecular formula is C14H21ClN2. The van der Waals surface area contributed by atoms with E-state index in [-0.39, 0.29) is 0 Å². The number of nitrogens with zero attached hydrogens (tertiary/aromatic N) is 1. The summed E-state index contributed by atoms with van der Waals surface area (Å²) in [5, 5.41) is 4.23. The molecule has 0 atom stereocenters. The molecule has 1 N–H and O–H groups in total. The largest absolute Gasteiger partial charge is 0.374 e. The van der Waals surface area contributed by atoms with Crippen molar-refractivity contribution in [2.75, 3.05) is 31.6 Å². The van der Waals surface area contributed by atoms with E-state index in [1.807, 2.05) is 6.07 Å². The lowest BCUT2D eigenvalue weighted by Gasteiger charge is -2.29. The monoisotopic (exact) mass is 252 g/mol. The first-order valence-corrected chi connectivity index (χ1v) is 6.72. The number of hydrogen-bond donors (Lipinski definition) is 1. The van der Waals surface area contributed by atoms with Crippen molar-refractivity contribution < 1.29 is 0 Å². The third-order valence-corrected chi connectivity index (χ3v) is 3.81. The summed E-state index contributed by atoms with van der Waals surface area (Å²) in [4.78, 5) is 2.34. The molecule has 1 fully saturated rings. The summed E-state index contributed by atoms with van der Waals surface area (Å²) in [6, 6.07) is 6.12. The summed E-state index contributed by atoms with van der Waals surface area (Å²) < 4.78 is 0. The van der Waals surface area contributed by atoms with Gasteiger partial charge in [-0.15, -0.1) is 0 Å². The zero-order valence-electron chi connectivity index (χ0n) is 10.7. The molecule has 3 heteroatoms. The van der Waals surface area contributed by atoms with Crippen molar-refractivity contribution in [1.82, 2.24) is 5.32 Å². The van der Waals surface area contributed by atoms with Crippen LogP contribution in [0, 0.1) is 12.8 Å². The maximum Gasteiger partial charge on any atom is 0.0426 e. The minimum Gasteiger partial charge on any atom is -0.374 e. The van der Waals surface area contributed by atoms with Gasteiger partial charge in [0.25, 0.3) is 0 Å². The standard InChI is InChI=1S/C14H21ClN2/c1-11-3-4-13(15)9-14(11)17(2)10-12-5-7-16-8-6-12/h3-4,9,12,16H,5-8,10H2,1-2H3. The fraction of sp³-hybridized carbons (Fsp3) is 0.571. The molecule has 1 aromatic carbocycles. The van der Waals surface area contributed by atoms with E-state index in [0.29, 0.717) is 0 Å². The van der Waals surface area contributed by atoms with Gasteiger partial charge in [-0.1, -0.05) is 17.7 Å². The smallest absolute Gasteiger partial charge is 0.0426 e. The van der Waals surface area contributed by atoms with E-state index in [0.717, 1.165) is 30.6 Å². The number of anilines is 1. The molecule has 1 aliphatic rings. The second-order valence-electron chi connectivity index (χ2n) is 5.00. The number of benzene rings is 1. The third-order valence-electron chi connectivity index (χ3n) is 3.57. The summed E-state index contributed by atoms with van der Waals surface area (Å²) in [6.07, 6.45) is 2.56. The van der Waals surface area contributed by atoms with Gasteiger partial charge in [0, 0.05) is 24.3 Å². The molecule has 1 aliphatic heterocycles. The van der Waals surface area contributed by atoms with Crippen LogP contribution in [0.15, 0.2) is 18.2 Å². The number of hydrogen-bond acceptors (Lipinski definition) is 2. The van der Waals surface area contributed by atoms with Crippen LogP contribution >= 0.6 is 11.6 Å². The number of halogens is 1. The molecule has 0 aliphatic carbocycles. The average molecular weight is 253 g/mol. The van der Waals surface area contributed by atoms with Gasteiger partial charge in [-0.05, 0) is 56.5 Å². The van der Waals surface area contributed by atoms with E-state index in [1.165, 1.54) is 24.1 Å². The first-order valence-electron chi connectivity index (χ1n) is 6.35. The van der Waals surface area contributed by atoms with Crippen molar-refractivity contribution >= 4 is 17.3 Å². The molecule has 0 spiro atoms. The topological polar surface area (TPSA) is 15.3 Å². The SMILES string of the molecule is Cc1ccc(Cl)cc1N(C)CC1CCNCC1. The van der Waals surface area contributed by atoms with Gasteiger partial charge in [-0.3, -0.25) is 0 Å². The van der Waals surface area contributed by atoms with Gasteiger partial charge < -0.3 is 10.2 Å². The second kappa shape index (κ2) is 5.74. The molecule has 0 bridgehead atoms. The number of piperidine rings is 1. The van der Waals surface area contributed by atoms with Crippen molar-refractivity contribution in [1.29, 1.82) is 0 Å². The Morgan fingerprint density at radius 1 is 1.35 bits per heavy atom. The Kier molecular flexibility index (Phi) is 4.30. The number of nitrogens with one attached hydrogen (secondary N) is 1. The van der Waals surface area contributed by atoms with Crippen LogP contribution in [0.4, 0.5) is 5.69 Å². The highest BCUT2D eigenvalue weighted by atomic mass is 35.5. The number of aryl methyl sites for hydroxylation is 1. The van der Waals surface area contributed by atoms with Crippen LogP contribution in [0.2, 0.25) is 5.02 Å².